The van der Waals surface area contributed by atoms with Gasteiger partial charge in [-0.25, -0.2) is 4.98 Å². The topological polar surface area (TPSA) is 129 Å². The van der Waals surface area contributed by atoms with Gasteiger partial charge in [-0.05, 0) is 35.9 Å². The van der Waals surface area contributed by atoms with Crippen molar-refractivity contribution in [3.8, 4) is 0 Å². The standard InChI is InChI=1S/C17H17N5O4S/c1-27(25)13-5-6-14-15(8-13)20-17(19-14)21-16(23)10-26-18-9-11-3-2-4-12(7-11)22-24/h2-9,22,24H,10H2,1H3,(H2,19,20,21,23)/b18-9-. The Morgan fingerprint density at radius 1 is 1.37 bits per heavy atom. The Labute approximate surface area is 156 Å². The summed E-state index contributed by atoms with van der Waals surface area (Å²) >= 11 is 0. The molecular weight excluding hydrogens is 370 g/mol. The van der Waals surface area contributed by atoms with Gasteiger partial charge in [-0.1, -0.05) is 17.3 Å². The van der Waals surface area contributed by atoms with Gasteiger partial charge in [-0.15, -0.1) is 0 Å². The Hall–Kier alpha value is -3.24. The number of anilines is 2. The first-order valence-electron chi connectivity index (χ1n) is 7.84. The molecule has 0 radical (unpaired) electrons. The first-order valence-corrected chi connectivity index (χ1v) is 9.39. The molecule has 1 unspecified atom stereocenters. The van der Waals surface area contributed by atoms with Crippen molar-refractivity contribution in [2.24, 2.45) is 5.16 Å². The molecule has 0 saturated heterocycles. The van der Waals surface area contributed by atoms with Crippen LogP contribution in [0, 0.1) is 0 Å². The van der Waals surface area contributed by atoms with Crippen LogP contribution >= 0.6 is 0 Å². The molecule has 3 aromatic rings. The summed E-state index contributed by atoms with van der Waals surface area (Å²) in [6.45, 7) is -0.296. The molecule has 1 amide bonds. The summed E-state index contributed by atoms with van der Waals surface area (Å²) in [5.74, 6) is -0.167. The van der Waals surface area contributed by atoms with Crippen LogP contribution in [0.2, 0.25) is 0 Å². The van der Waals surface area contributed by atoms with Crippen LogP contribution in [0.1, 0.15) is 5.56 Å². The van der Waals surface area contributed by atoms with E-state index in [1.807, 2.05) is 5.48 Å². The number of carbonyl (C=O) groups excluding carboxylic acids is 1. The summed E-state index contributed by atoms with van der Waals surface area (Å²) in [5, 5.41) is 15.1. The van der Waals surface area contributed by atoms with Gasteiger partial charge in [0.2, 0.25) is 5.95 Å². The number of aromatic nitrogens is 2. The first-order chi connectivity index (χ1) is 13.0. The van der Waals surface area contributed by atoms with Gasteiger partial charge in [0, 0.05) is 22.0 Å². The van der Waals surface area contributed by atoms with Gasteiger partial charge in [-0.3, -0.25) is 25.0 Å². The fourth-order valence-corrected chi connectivity index (χ4v) is 2.82. The molecule has 0 saturated carbocycles. The maximum Gasteiger partial charge on any atom is 0.267 e. The van der Waals surface area contributed by atoms with Crippen molar-refractivity contribution in [2.75, 3.05) is 23.7 Å². The zero-order valence-corrected chi connectivity index (χ0v) is 15.1. The molecule has 0 bridgehead atoms. The molecule has 3 rings (SSSR count). The molecule has 0 aliphatic carbocycles. The van der Waals surface area contributed by atoms with E-state index in [-0.39, 0.29) is 12.6 Å². The lowest BCUT2D eigenvalue weighted by Crippen LogP contribution is -2.17. The van der Waals surface area contributed by atoms with Crippen LogP contribution in [-0.4, -0.2) is 44.4 Å². The Morgan fingerprint density at radius 3 is 3.00 bits per heavy atom. The van der Waals surface area contributed by atoms with Crippen LogP contribution in [0.3, 0.4) is 0 Å². The molecule has 0 fully saturated rings. The molecular formula is C17H17N5O4S. The molecule has 1 atom stereocenters. The average Bonchev–Trinajstić information content (AvgIpc) is 3.06. The number of benzene rings is 2. The molecule has 1 aromatic heterocycles. The highest BCUT2D eigenvalue weighted by Crippen LogP contribution is 2.17. The molecule has 10 heteroatoms. The zero-order valence-electron chi connectivity index (χ0n) is 14.3. The Morgan fingerprint density at radius 2 is 2.22 bits per heavy atom. The lowest BCUT2D eigenvalue weighted by Gasteiger charge is -2.01. The van der Waals surface area contributed by atoms with Crippen LogP contribution < -0.4 is 10.8 Å². The summed E-state index contributed by atoms with van der Waals surface area (Å²) in [6.07, 6.45) is 3.01. The van der Waals surface area contributed by atoms with E-state index in [0.717, 1.165) is 0 Å². The minimum atomic E-state index is -1.10. The fraction of sp³-hybridized carbons (Fsp3) is 0.118. The number of H-pyrrole nitrogens is 1. The Bertz CT molecular complexity index is 1020. The second-order valence-corrected chi connectivity index (χ2v) is 6.89. The molecule has 1 heterocycles. The van der Waals surface area contributed by atoms with Crippen molar-refractivity contribution in [1.29, 1.82) is 0 Å². The van der Waals surface area contributed by atoms with Crippen molar-refractivity contribution in [2.45, 2.75) is 4.90 Å². The lowest BCUT2D eigenvalue weighted by atomic mass is 10.2. The minimum absolute atomic E-state index is 0.267. The number of fused-ring (bicyclic) bond motifs is 1. The van der Waals surface area contributed by atoms with E-state index in [1.165, 1.54) is 6.21 Å². The van der Waals surface area contributed by atoms with E-state index in [4.69, 9.17) is 10.0 Å². The maximum absolute atomic E-state index is 11.9. The summed E-state index contributed by atoms with van der Waals surface area (Å²) in [5.41, 5.74) is 4.56. The maximum atomic E-state index is 11.9. The number of hydrogen-bond donors (Lipinski definition) is 4. The summed E-state index contributed by atoms with van der Waals surface area (Å²) in [7, 11) is -1.10. The van der Waals surface area contributed by atoms with Crippen LogP contribution in [0.15, 0.2) is 52.5 Å². The summed E-state index contributed by atoms with van der Waals surface area (Å²) in [6, 6.07) is 12.0. The van der Waals surface area contributed by atoms with Gasteiger partial charge < -0.3 is 9.82 Å². The number of hydrogen-bond acceptors (Lipinski definition) is 7. The number of nitrogens with zero attached hydrogens (tertiary/aromatic N) is 2. The highest BCUT2D eigenvalue weighted by atomic mass is 32.2. The fourth-order valence-electron chi connectivity index (χ4n) is 2.28. The van der Waals surface area contributed by atoms with E-state index in [1.54, 1.807) is 48.7 Å². The molecule has 27 heavy (non-hydrogen) atoms. The monoisotopic (exact) mass is 387 g/mol. The Kier molecular flexibility index (Phi) is 5.79. The third-order valence-corrected chi connectivity index (χ3v) is 4.45. The van der Waals surface area contributed by atoms with Crippen LogP contribution in [0.25, 0.3) is 11.0 Å². The van der Waals surface area contributed by atoms with Crippen molar-refractivity contribution >= 4 is 45.6 Å². The molecule has 0 aliphatic heterocycles. The predicted octanol–water partition coefficient (Wildman–Crippen LogP) is 2.09. The van der Waals surface area contributed by atoms with E-state index in [9.17, 15) is 9.00 Å². The third kappa shape index (κ3) is 4.90. The van der Waals surface area contributed by atoms with Crippen molar-refractivity contribution < 1.29 is 19.0 Å². The number of oxime groups is 1. The molecule has 0 spiro atoms. The number of aromatic amines is 1. The van der Waals surface area contributed by atoms with Crippen molar-refractivity contribution in [3.63, 3.8) is 0 Å². The second-order valence-electron chi connectivity index (χ2n) is 5.51. The lowest BCUT2D eigenvalue weighted by molar-refractivity contribution is -0.120. The van der Waals surface area contributed by atoms with E-state index in [2.05, 4.69) is 20.4 Å². The third-order valence-electron chi connectivity index (χ3n) is 3.53. The molecule has 0 aliphatic rings. The van der Waals surface area contributed by atoms with E-state index in [0.29, 0.717) is 27.2 Å². The van der Waals surface area contributed by atoms with Crippen molar-refractivity contribution in [3.05, 3.63) is 48.0 Å². The van der Waals surface area contributed by atoms with Gasteiger partial charge in [0.15, 0.2) is 6.61 Å². The molecule has 2 aromatic carbocycles. The first kappa shape index (κ1) is 18.5. The molecule has 140 valence electrons. The van der Waals surface area contributed by atoms with Gasteiger partial charge in [0.25, 0.3) is 5.91 Å². The quantitative estimate of drug-likeness (QED) is 0.363. The predicted molar refractivity (Wildman–Crippen MR) is 102 cm³/mol. The number of rotatable bonds is 7. The van der Waals surface area contributed by atoms with Gasteiger partial charge in [0.05, 0.1) is 22.9 Å². The minimum Gasteiger partial charge on any atom is -0.386 e. The normalized spacial score (nSPS) is 12.2. The average molecular weight is 387 g/mol. The van der Waals surface area contributed by atoms with E-state index < -0.39 is 16.7 Å². The zero-order chi connectivity index (χ0) is 19.2. The largest absolute Gasteiger partial charge is 0.386 e. The second kappa shape index (κ2) is 8.43. The number of nitrogens with one attached hydrogen (secondary N) is 3. The summed E-state index contributed by atoms with van der Waals surface area (Å²) in [4.78, 5) is 24.7. The van der Waals surface area contributed by atoms with Crippen LogP contribution in [-0.2, 0) is 20.4 Å². The van der Waals surface area contributed by atoms with Gasteiger partial charge in [-0.2, -0.15) is 0 Å². The van der Waals surface area contributed by atoms with Gasteiger partial charge in [0.1, 0.15) is 0 Å². The molecule has 9 nitrogen and oxygen atoms in total. The number of amides is 1. The van der Waals surface area contributed by atoms with E-state index >= 15 is 0 Å². The molecule has 4 N–H and O–H groups in total. The van der Waals surface area contributed by atoms with Crippen LogP contribution in [0.5, 0.6) is 0 Å². The Balaban J connectivity index is 1.55. The SMILES string of the molecule is CS(=O)c1ccc2nc(NC(=O)CO/N=C\c3cccc(NO)c3)[nH]c2c1. The van der Waals surface area contributed by atoms with Crippen molar-refractivity contribution in [1.82, 2.24) is 9.97 Å². The number of carbonyl (C=O) groups is 1. The highest BCUT2D eigenvalue weighted by molar-refractivity contribution is 7.84. The number of imidazole rings is 1. The van der Waals surface area contributed by atoms with Gasteiger partial charge >= 0.3 is 0 Å². The smallest absolute Gasteiger partial charge is 0.267 e. The summed E-state index contributed by atoms with van der Waals surface area (Å²) < 4.78 is 11.5. The van der Waals surface area contributed by atoms with Crippen LogP contribution in [0.4, 0.5) is 11.6 Å². The highest BCUT2D eigenvalue weighted by Gasteiger charge is 2.09.